The highest BCUT2D eigenvalue weighted by atomic mass is 35.5. The maximum Gasteiger partial charge on any atom is 0.326 e. The Bertz CT molecular complexity index is 1320. The quantitative estimate of drug-likeness (QED) is 0.257. The summed E-state index contributed by atoms with van der Waals surface area (Å²) in [5.74, 6) is -0.669. The summed E-state index contributed by atoms with van der Waals surface area (Å²) in [6.07, 6.45) is 0.112. The standard InChI is InChI=1S/C25H18Cl3NO4S/c26-16-6-8-18(19(27)13-16)24(30)29(20(25(31)32)12-15-4-2-1-3-5-15)14-17-7-9-21(33-17)22-10-11-23(28)34-22/h1-11,13,20H,12,14H2,(H,31,32). The van der Waals surface area contributed by atoms with Crippen molar-refractivity contribution in [2.75, 3.05) is 0 Å². The fraction of sp³-hybridized carbons (Fsp3) is 0.120. The van der Waals surface area contributed by atoms with Crippen molar-refractivity contribution in [1.29, 1.82) is 0 Å². The number of rotatable bonds is 8. The summed E-state index contributed by atoms with van der Waals surface area (Å²) in [7, 11) is 0. The molecule has 2 aromatic heterocycles. The molecule has 0 spiro atoms. The molecule has 9 heteroatoms. The Balaban J connectivity index is 1.70. The van der Waals surface area contributed by atoms with Crippen molar-refractivity contribution in [2.45, 2.75) is 19.0 Å². The third-order valence-electron chi connectivity index (χ3n) is 5.16. The lowest BCUT2D eigenvalue weighted by Gasteiger charge is -2.29. The van der Waals surface area contributed by atoms with E-state index in [0.29, 0.717) is 20.9 Å². The molecule has 0 fully saturated rings. The summed E-state index contributed by atoms with van der Waals surface area (Å²) in [5, 5.41) is 10.6. The zero-order valence-corrected chi connectivity index (χ0v) is 20.7. The zero-order chi connectivity index (χ0) is 24.2. The van der Waals surface area contributed by atoms with Crippen molar-refractivity contribution >= 4 is 58.0 Å². The number of carboxylic acid groups (broad SMARTS) is 1. The van der Waals surface area contributed by atoms with E-state index in [-0.39, 0.29) is 23.6 Å². The maximum absolute atomic E-state index is 13.6. The molecular formula is C25H18Cl3NO4S. The number of carboxylic acids is 1. The van der Waals surface area contributed by atoms with E-state index in [2.05, 4.69) is 0 Å². The number of thiophene rings is 1. The molecular weight excluding hydrogens is 517 g/mol. The second-order valence-electron chi connectivity index (χ2n) is 7.47. The Morgan fingerprint density at radius 2 is 1.74 bits per heavy atom. The minimum absolute atomic E-state index is 0.0688. The van der Waals surface area contributed by atoms with Gasteiger partial charge < -0.3 is 14.4 Å². The summed E-state index contributed by atoms with van der Waals surface area (Å²) < 4.78 is 6.56. The zero-order valence-electron chi connectivity index (χ0n) is 17.6. The molecule has 0 aliphatic heterocycles. The van der Waals surface area contributed by atoms with Gasteiger partial charge in [-0.15, -0.1) is 11.3 Å². The van der Waals surface area contributed by atoms with Gasteiger partial charge in [-0.3, -0.25) is 4.79 Å². The molecule has 2 heterocycles. The first-order chi connectivity index (χ1) is 16.3. The van der Waals surface area contributed by atoms with Crippen LogP contribution in [0.2, 0.25) is 14.4 Å². The summed E-state index contributed by atoms with van der Waals surface area (Å²) in [6.45, 7) is -0.0688. The number of aliphatic carboxylic acids is 1. The van der Waals surface area contributed by atoms with Crippen molar-refractivity contribution in [2.24, 2.45) is 0 Å². The van der Waals surface area contributed by atoms with E-state index in [1.165, 1.54) is 34.4 Å². The van der Waals surface area contributed by atoms with Gasteiger partial charge >= 0.3 is 5.97 Å². The summed E-state index contributed by atoms with van der Waals surface area (Å²) in [4.78, 5) is 28.0. The third-order valence-corrected chi connectivity index (χ3v) is 6.95. The predicted molar refractivity (Wildman–Crippen MR) is 135 cm³/mol. The molecule has 0 aliphatic carbocycles. The van der Waals surface area contributed by atoms with Crippen LogP contribution in [0.25, 0.3) is 10.6 Å². The van der Waals surface area contributed by atoms with Crippen LogP contribution in [-0.4, -0.2) is 27.9 Å². The minimum Gasteiger partial charge on any atom is -0.480 e. The number of halogens is 3. The molecule has 0 bridgehead atoms. The number of hydrogen-bond acceptors (Lipinski definition) is 4. The highest BCUT2D eigenvalue weighted by Crippen LogP contribution is 2.33. The van der Waals surface area contributed by atoms with Gasteiger partial charge in [-0.2, -0.15) is 0 Å². The van der Waals surface area contributed by atoms with Gasteiger partial charge in [0.15, 0.2) is 0 Å². The normalized spacial score (nSPS) is 11.9. The topological polar surface area (TPSA) is 70.8 Å². The first-order valence-corrected chi connectivity index (χ1v) is 12.1. The van der Waals surface area contributed by atoms with E-state index in [0.717, 1.165) is 10.4 Å². The van der Waals surface area contributed by atoms with Crippen LogP contribution < -0.4 is 0 Å². The van der Waals surface area contributed by atoms with E-state index in [1.54, 1.807) is 18.2 Å². The second kappa shape index (κ2) is 10.7. The third kappa shape index (κ3) is 5.65. The van der Waals surface area contributed by atoms with E-state index in [4.69, 9.17) is 39.2 Å². The molecule has 0 aliphatic rings. The first kappa shape index (κ1) is 24.4. The van der Waals surface area contributed by atoms with Gasteiger partial charge in [0, 0.05) is 11.4 Å². The molecule has 1 atom stereocenters. The molecule has 0 saturated heterocycles. The predicted octanol–water partition coefficient (Wildman–Crippen LogP) is 7.31. The van der Waals surface area contributed by atoms with E-state index in [1.807, 2.05) is 36.4 Å². The smallest absolute Gasteiger partial charge is 0.326 e. The fourth-order valence-electron chi connectivity index (χ4n) is 3.52. The van der Waals surface area contributed by atoms with Crippen LogP contribution in [0, 0.1) is 0 Å². The average Bonchev–Trinajstić information content (AvgIpc) is 3.45. The molecule has 1 N–H and O–H groups in total. The van der Waals surface area contributed by atoms with Crippen molar-refractivity contribution in [1.82, 2.24) is 4.90 Å². The molecule has 5 nitrogen and oxygen atoms in total. The SMILES string of the molecule is O=C(O)C(Cc1ccccc1)N(Cc1ccc(-c2ccc(Cl)s2)o1)C(=O)c1ccc(Cl)cc1Cl. The van der Waals surface area contributed by atoms with E-state index in [9.17, 15) is 14.7 Å². The Morgan fingerprint density at radius 1 is 0.971 bits per heavy atom. The lowest BCUT2D eigenvalue weighted by molar-refractivity contribution is -0.142. The van der Waals surface area contributed by atoms with Gasteiger partial charge in [-0.05, 0) is 48.0 Å². The van der Waals surface area contributed by atoms with Crippen LogP contribution in [0.1, 0.15) is 21.7 Å². The number of amides is 1. The number of carbonyl (C=O) groups is 2. The van der Waals surface area contributed by atoms with Gasteiger partial charge in [-0.1, -0.05) is 65.1 Å². The Labute approximate surface area is 215 Å². The van der Waals surface area contributed by atoms with Crippen LogP contribution in [0.15, 0.2) is 77.2 Å². The van der Waals surface area contributed by atoms with Gasteiger partial charge in [0.1, 0.15) is 17.6 Å². The first-order valence-electron chi connectivity index (χ1n) is 10.2. The molecule has 1 unspecified atom stereocenters. The Hall–Kier alpha value is -2.77. The highest BCUT2D eigenvalue weighted by Gasteiger charge is 2.32. The lowest BCUT2D eigenvalue weighted by atomic mass is 10.0. The fourth-order valence-corrected chi connectivity index (χ4v) is 5.01. The average molecular weight is 535 g/mol. The molecule has 4 rings (SSSR count). The van der Waals surface area contributed by atoms with Crippen LogP contribution in [0.4, 0.5) is 0 Å². The van der Waals surface area contributed by atoms with Gasteiger partial charge in [-0.25, -0.2) is 4.79 Å². The highest BCUT2D eigenvalue weighted by molar-refractivity contribution is 7.19. The number of furan rings is 1. The molecule has 4 aromatic rings. The monoisotopic (exact) mass is 533 g/mol. The van der Waals surface area contributed by atoms with Crippen LogP contribution in [-0.2, 0) is 17.8 Å². The molecule has 174 valence electrons. The summed E-state index contributed by atoms with van der Waals surface area (Å²) in [5.41, 5.74) is 0.936. The van der Waals surface area contributed by atoms with E-state index < -0.39 is 17.9 Å². The van der Waals surface area contributed by atoms with Crippen molar-refractivity contribution in [3.63, 3.8) is 0 Å². The van der Waals surface area contributed by atoms with Crippen molar-refractivity contribution in [3.8, 4) is 10.6 Å². The maximum atomic E-state index is 13.6. The van der Waals surface area contributed by atoms with Crippen molar-refractivity contribution in [3.05, 3.63) is 104 Å². The Kier molecular flexibility index (Phi) is 7.63. The van der Waals surface area contributed by atoms with Gasteiger partial charge in [0.2, 0.25) is 0 Å². The molecule has 0 saturated carbocycles. The molecule has 2 aromatic carbocycles. The summed E-state index contributed by atoms with van der Waals surface area (Å²) >= 11 is 19.7. The number of nitrogens with zero attached hydrogens (tertiary/aromatic N) is 1. The molecule has 1 amide bonds. The second-order valence-corrected chi connectivity index (χ2v) is 10.0. The van der Waals surface area contributed by atoms with Gasteiger partial charge in [0.25, 0.3) is 5.91 Å². The van der Waals surface area contributed by atoms with Crippen molar-refractivity contribution < 1.29 is 19.1 Å². The van der Waals surface area contributed by atoms with Crippen LogP contribution >= 0.6 is 46.1 Å². The van der Waals surface area contributed by atoms with Crippen LogP contribution in [0.3, 0.4) is 0 Å². The van der Waals surface area contributed by atoms with Gasteiger partial charge in [0.05, 0.1) is 26.3 Å². The number of hydrogen-bond donors (Lipinski definition) is 1. The number of benzene rings is 2. The minimum atomic E-state index is -1.16. The summed E-state index contributed by atoms with van der Waals surface area (Å²) in [6, 6.07) is 19.5. The largest absolute Gasteiger partial charge is 0.480 e. The molecule has 0 radical (unpaired) electrons. The Morgan fingerprint density at radius 3 is 2.38 bits per heavy atom. The van der Waals surface area contributed by atoms with Crippen LogP contribution in [0.5, 0.6) is 0 Å². The van der Waals surface area contributed by atoms with E-state index >= 15 is 0 Å². The molecule has 34 heavy (non-hydrogen) atoms. The number of carbonyl (C=O) groups excluding carboxylic acids is 1. The lowest BCUT2D eigenvalue weighted by Crippen LogP contribution is -2.46.